The lowest BCUT2D eigenvalue weighted by Gasteiger charge is -1.94. The average molecular weight is 216 g/mol. The van der Waals surface area contributed by atoms with E-state index in [4.69, 9.17) is 0 Å². The summed E-state index contributed by atoms with van der Waals surface area (Å²) in [6, 6.07) is 0. The fourth-order valence-corrected chi connectivity index (χ4v) is 1.69. The van der Waals surface area contributed by atoms with E-state index in [1.165, 1.54) is 6.92 Å². The zero-order valence-corrected chi connectivity index (χ0v) is 8.46. The quantitative estimate of drug-likeness (QED) is 0.431. The molecule has 0 aliphatic carbocycles. The lowest BCUT2D eigenvalue weighted by Crippen LogP contribution is -1.99. The summed E-state index contributed by atoms with van der Waals surface area (Å²) in [5, 5.41) is 9.41. The van der Waals surface area contributed by atoms with Crippen LogP contribution in [-0.4, -0.2) is 15.9 Å². The van der Waals surface area contributed by atoms with Crippen LogP contribution in [0.5, 0.6) is 0 Å². The van der Waals surface area contributed by atoms with Gasteiger partial charge in [-0.1, -0.05) is 0 Å². The van der Waals surface area contributed by atoms with E-state index >= 15 is 0 Å². The number of rotatable bonds is 4. The number of ketones is 1. The van der Waals surface area contributed by atoms with Crippen molar-refractivity contribution in [3.05, 3.63) is 25.7 Å². The molecule has 0 fully saturated rings. The van der Waals surface area contributed by atoms with E-state index in [2.05, 4.69) is 9.82 Å². The number of carbonyl (C=O) groups excluding carboxylic acids is 1. The molecule has 0 spiro atoms. The van der Waals surface area contributed by atoms with E-state index in [1.807, 2.05) is 0 Å². The molecule has 0 amide bonds. The SMILES string of the molecule is CC(=O)c1nc(C)c(CO[N+](=O)[O-])s1. The Morgan fingerprint density at radius 2 is 2.36 bits per heavy atom. The number of carbonyl (C=O) groups is 1. The number of thiazole rings is 1. The molecule has 0 aromatic carbocycles. The van der Waals surface area contributed by atoms with Crippen LogP contribution >= 0.6 is 11.3 Å². The number of Topliss-reactive ketones (excluding diaryl/α,β-unsaturated/α-hetero) is 1. The molecule has 0 aliphatic heterocycles. The van der Waals surface area contributed by atoms with Crippen molar-refractivity contribution < 1.29 is 14.7 Å². The number of nitrogens with zero attached hydrogens (tertiary/aromatic N) is 2. The molecule has 0 unspecified atom stereocenters. The van der Waals surface area contributed by atoms with Gasteiger partial charge in [-0.05, 0) is 6.92 Å². The second-order valence-electron chi connectivity index (χ2n) is 2.58. The third-order valence-electron chi connectivity index (χ3n) is 1.49. The normalized spacial score (nSPS) is 9.86. The van der Waals surface area contributed by atoms with E-state index in [9.17, 15) is 14.9 Å². The lowest BCUT2D eigenvalue weighted by molar-refractivity contribution is -0.762. The molecule has 1 rings (SSSR count). The van der Waals surface area contributed by atoms with Gasteiger partial charge in [0.2, 0.25) is 0 Å². The summed E-state index contributed by atoms with van der Waals surface area (Å²) in [6.07, 6.45) is 0. The van der Waals surface area contributed by atoms with Crippen LogP contribution in [0.25, 0.3) is 0 Å². The summed E-state index contributed by atoms with van der Waals surface area (Å²) in [5.74, 6) is -0.148. The molecule has 1 aromatic heterocycles. The predicted molar refractivity (Wildman–Crippen MR) is 48.6 cm³/mol. The Kier molecular flexibility index (Phi) is 3.13. The number of aromatic nitrogens is 1. The van der Waals surface area contributed by atoms with Gasteiger partial charge in [-0.25, -0.2) is 4.98 Å². The van der Waals surface area contributed by atoms with Crippen molar-refractivity contribution in [2.45, 2.75) is 20.5 Å². The molecular weight excluding hydrogens is 208 g/mol. The van der Waals surface area contributed by atoms with Gasteiger partial charge in [0.05, 0.1) is 10.6 Å². The predicted octanol–water partition coefficient (Wildman–Crippen LogP) is 1.36. The molecule has 0 saturated heterocycles. The first kappa shape index (κ1) is 10.6. The third kappa shape index (κ3) is 2.49. The highest BCUT2D eigenvalue weighted by molar-refractivity contribution is 7.13. The Morgan fingerprint density at radius 3 is 2.79 bits per heavy atom. The maximum atomic E-state index is 10.9. The van der Waals surface area contributed by atoms with Gasteiger partial charge in [-0.2, -0.15) is 0 Å². The largest absolute Gasteiger partial charge is 0.308 e. The molecule has 1 heterocycles. The molecule has 0 saturated carbocycles. The fraction of sp³-hybridized carbons (Fsp3) is 0.429. The van der Waals surface area contributed by atoms with Crippen molar-refractivity contribution in [2.24, 2.45) is 0 Å². The summed E-state index contributed by atoms with van der Waals surface area (Å²) in [4.78, 5) is 29.6. The second-order valence-corrected chi connectivity index (χ2v) is 3.66. The van der Waals surface area contributed by atoms with Crippen molar-refractivity contribution in [2.75, 3.05) is 0 Å². The van der Waals surface area contributed by atoms with Gasteiger partial charge >= 0.3 is 0 Å². The minimum absolute atomic E-state index is 0.148. The fourth-order valence-electron chi connectivity index (χ4n) is 0.824. The topological polar surface area (TPSA) is 82.3 Å². The maximum Gasteiger partial charge on any atom is 0.294 e. The molecule has 0 N–H and O–H groups in total. The molecule has 0 radical (unpaired) electrons. The van der Waals surface area contributed by atoms with Gasteiger partial charge in [-0.3, -0.25) is 4.79 Å². The molecule has 76 valence electrons. The molecule has 1 aromatic rings. The van der Waals surface area contributed by atoms with Gasteiger partial charge < -0.3 is 4.84 Å². The Labute approximate surface area is 83.6 Å². The Bertz CT molecular complexity index is 374. The molecule has 14 heavy (non-hydrogen) atoms. The van der Waals surface area contributed by atoms with Gasteiger partial charge in [0, 0.05) is 6.92 Å². The van der Waals surface area contributed by atoms with Crippen molar-refractivity contribution >= 4 is 17.1 Å². The number of aryl methyl sites for hydroxylation is 1. The van der Waals surface area contributed by atoms with E-state index in [1.54, 1.807) is 6.92 Å². The van der Waals surface area contributed by atoms with E-state index in [-0.39, 0.29) is 12.4 Å². The minimum atomic E-state index is -0.868. The zero-order chi connectivity index (χ0) is 10.7. The lowest BCUT2D eigenvalue weighted by atomic mass is 10.4. The van der Waals surface area contributed by atoms with E-state index in [0.29, 0.717) is 15.6 Å². The maximum absolute atomic E-state index is 10.9. The molecule has 7 heteroatoms. The van der Waals surface area contributed by atoms with Crippen LogP contribution in [0.1, 0.15) is 27.3 Å². The number of hydrogen-bond acceptors (Lipinski definition) is 6. The van der Waals surface area contributed by atoms with Crippen LogP contribution < -0.4 is 0 Å². The monoisotopic (exact) mass is 216 g/mol. The molecular formula is C7H8N2O4S. The second kappa shape index (κ2) is 4.14. The van der Waals surface area contributed by atoms with Gasteiger partial charge in [0.25, 0.3) is 5.09 Å². The van der Waals surface area contributed by atoms with Crippen LogP contribution in [-0.2, 0) is 11.4 Å². The van der Waals surface area contributed by atoms with Crippen LogP contribution in [0, 0.1) is 17.0 Å². The molecule has 0 aliphatic rings. The number of hydrogen-bond donors (Lipinski definition) is 0. The summed E-state index contributed by atoms with van der Waals surface area (Å²) in [7, 11) is 0. The van der Waals surface area contributed by atoms with Gasteiger partial charge in [-0.15, -0.1) is 21.5 Å². The molecule has 6 nitrogen and oxygen atoms in total. The highest BCUT2D eigenvalue weighted by Gasteiger charge is 2.11. The Hall–Kier alpha value is -1.50. The minimum Gasteiger partial charge on any atom is -0.308 e. The Balaban J connectivity index is 2.77. The van der Waals surface area contributed by atoms with Crippen LogP contribution in [0.2, 0.25) is 0 Å². The highest BCUT2D eigenvalue weighted by Crippen LogP contribution is 2.19. The Morgan fingerprint density at radius 1 is 1.71 bits per heavy atom. The van der Waals surface area contributed by atoms with Gasteiger partial charge in [0.1, 0.15) is 6.61 Å². The first-order valence-corrected chi connectivity index (χ1v) is 4.57. The standard InChI is InChI=1S/C7H8N2O4S/c1-4-6(3-13-9(11)12)14-7(8-4)5(2)10/h3H2,1-2H3. The molecule has 0 bridgehead atoms. The summed E-state index contributed by atoms with van der Waals surface area (Å²) >= 11 is 1.12. The summed E-state index contributed by atoms with van der Waals surface area (Å²) < 4.78 is 0. The van der Waals surface area contributed by atoms with Crippen LogP contribution in [0.4, 0.5) is 0 Å². The van der Waals surface area contributed by atoms with Crippen molar-refractivity contribution in [1.29, 1.82) is 0 Å². The van der Waals surface area contributed by atoms with Crippen molar-refractivity contribution in [3.8, 4) is 0 Å². The smallest absolute Gasteiger partial charge is 0.294 e. The zero-order valence-electron chi connectivity index (χ0n) is 7.64. The first-order chi connectivity index (χ1) is 6.50. The summed E-state index contributed by atoms with van der Waals surface area (Å²) in [5.41, 5.74) is 0.599. The van der Waals surface area contributed by atoms with E-state index in [0.717, 1.165) is 11.3 Å². The summed E-state index contributed by atoms with van der Waals surface area (Å²) in [6.45, 7) is 2.93. The van der Waals surface area contributed by atoms with Crippen molar-refractivity contribution in [1.82, 2.24) is 4.98 Å². The van der Waals surface area contributed by atoms with Crippen molar-refractivity contribution in [3.63, 3.8) is 0 Å². The highest BCUT2D eigenvalue weighted by atomic mass is 32.1. The first-order valence-electron chi connectivity index (χ1n) is 3.75. The average Bonchev–Trinajstić information content (AvgIpc) is 2.43. The van der Waals surface area contributed by atoms with Gasteiger partial charge in [0.15, 0.2) is 10.8 Å². The van der Waals surface area contributed by atoms with E-state index < -0.39 is 5.09 Å². The molecule has 0 atom stereocenters. The van der Waals surface area contributed by atoms with Crippen LogP contribution in [0.3, 0.4) is 0 Å². The van der Waals surface area contributed by atoms with Crippen LogP contribution in [0.15, 0.2) is 0 Å². The third-order valence-corrected chi connectivity index (χ3v) is 2.73.